The van der Waals surface area contributed by atoms with Crippen LogP contribution < -0.4 is 4.74 Å². The molecule has 11 nitrogen and oxygen atoms in total. The van der Waals surface area contributed by atoms with Gasteiger partial charge in [0.05, 0.1) is 24.0 Å². The number of carbonyl (C=O) groups excluding carboxylic acids is 3. The largest absolute Gasteiger partial charge is 0.481 e. The Hall–Kier alpha value is -3.49. The molecular weight excluding hydrogens is 567 g/mol. The van der Waals surface area contributed by atoms with E-state index in [1.165, 1.54) is 0 Å². The Morgan fingerprint density at radius 1 is 1.29 bits per heavy atom. The quantitative estimate of drug-likeness (QED) is 0.324. The fourth-order valence-corrected chi connectivity index (χ4v) is 5.90. The number of fused-ring (bicyclic) bond motifs is 1. The zero-order chi connectivity index (χ0) is 30.9. The Kier molecular flexibility index (Phi) is 10.6. The summed E-state index contributed by atoms with van der Waals surface area (Å²) in [5, 5.41) is 31.4. The number of carbonyl (C=O) groups is 4. The van der Waals surface area contributed by atoms with E-state index in [0.29, 0.717) is 24.3 Å². The fourth-order valence-electron chi connectivity index (χ4n) is 5.90. The second kappa shape index (κ2) is 12.8. The Labute approximate surface area is 240 Å². The molecule has 14 heteroatoms. The first kappa shape index (κ1) is 34.7. The summed E-state index contributed by atoms with van der Waals surface area (Å²) in [7, 11) is 1.94. The number of hydrogen-bond donors (Lipinski definition) is 3. The van der Waals surface area contributed by atoms with Crippen LogP contribution in [-0.2, 0) is 40.7 Å². The van der Waals surface area contributed by atoms with E-state index in [1.807, 2.05) is 27.0 Å². The molecule has 0 aromatic heterocycles. The van der Waals surface area contributed by atoms with Crippen LogP contribution in [0.15, 0.2) is 24.0 Å². The van der Waals surface area contributed by atoms with Crippen molar-refractivity contribution in [2.24, 2.45) is 0 Å². The molecule has 4 rings (SSSR count). The number of aliphatic hydroxyl groups is 2. The minimum Gasteiger partial charge on any atom is -0.481 e. The van der Waals surface area contributed by atoms with Crippen molar-refractivity contribution in [2.45, 2.75) is 89.5 Å². The van der Waals surface area contributed by atoms with Gasteiger partial charge in [-0.1, -0.05) is 19.6 Å². The van der Waals surface area contributed by atoms with E-state index in [9.17, 15) is 42.9 Å². The van der Waals surface area contributed by atoms with E-state index in [4.69, 9.17) is 19.0 Å². The van der Waals surface area contributed by atoms with Crippen molar-refractivity contribution in [3.63, 3.8) is 0 Å². The Morgan fingerprint density at radius 2 is 1.90 bits per heavy atom. The lowest BCUT2D eigenvalue weighted by Gasteiger charge is -2.58. The highest BCUT2D eigenvalue weighted by atomic mass is 19.4. The number of hydrogen-bond acceptors (Lipinski definition) is 10. The molecular formula is C28H36F3NO10. The number of likely N-dealkylation sites (tertiary alicyclic amines) is 1. The number of esters is 2. The molecule has 1 spiro atoms. The monoisotopic (exact) mass is 603 g/mol. The molecule has 1 aromatic rings. The summed E-state index contributed by atoms with van der Waals surface area (Å²) in [5.41, 5.74) is 0.0432. The zero-order valence-corrected chi connectivity index (χ0v) is 22.9. The van der Waals surface area contributed by atoms with Crippen molar-refractivity contribution in [2.75, 3.05) is 13.6 Å². The number of likely N-dealkylation sites (N-methyl/N-ethyl adjacent to an activating group) is 1. The van der Waals surface area contributed by atoms with Gasteiger partial charge in [-0.2, -0.15) is 13.2 Å². The van der Waals surface area contributed by atoms with Crippen LogP contribution >= 0.6 is 0 Å². The maximum Gasteiger partial charge on any atom is 0.446 e. The van der Waals surface area contributed by atoms with Crippen molar-refractivity contribution < 1.29 is 61.9 Å². The van der Waals surface area contributed by atoms with Crippen molar-refractivity contribution in [1.29, 1.82) is 0 Å². The van der Waals surface area contributed by atoms with Gasteiger partial charge in [-0.05, 0) is 45.5 Å². The maximum atomic E-state index is 12.7. The average Bonchev–Trinajstić information content (AvgIpc) is 3.25. The highest BCUT2D eigenvalue weighted by Crippen LogP contribution is 2.61. The van der Waals surface area contributed by atoms with Gasteiger partial charge in [-0.3, -0.25) is 14.4 Å². The number of ether oxygens (including phenoxy) is 3. The minimum atomic E-state index is -4.64. The molecule has 1 aliphatic carbocycles. The SMILES string of the molecule is C.CC(=O)O[C@@H](CC(=O)OC1=CC[C@@]2(O)[C@@H](C)N(C)CC[C@@]23c2c(C)ccc(CO)c2O[C@@H]13)C(=O)O.O=CC(F)(F)F. The molecule has 0 amide bonds. The van der Waals surface area contributed by atoms with E-state index < -0.39 is 60.0 Å². The summed E-state index contributed by atoms with van der Waals surface area (Å²) in [4.78, 5) is 46.1. The number of halogens is 3. The molecule has 2 aliphatic heterocycles. The molecule has 1 saturated heterocycles. The van der Waals surface area contributed by atoms with Crippen LogP contribution in [-0.4, -0.2) is 88.0 Å². The lowest BCUT2D eigenvalue weighted by atomic mass is 9.54. The van der Waals surface area contributed by atoms with Gasteiger partial charge in [0.15, 0.2) is 6.10 Å². The van der Waals surface area contributed by atoms with Crippen LogP contribution in [0.25, 0.3) is 0 Å². The third-order valence-corrected chi connectivity index (χ3v) is 7.90. The normalized spacial score (nSPS) is 26.7. The Morgan fingerprint density at radius 3 is 2.43 bits per heavy atom. The summed E-state index contributed by atoms with van der Waals surface area (Å²) in [6.45, 7) is 5.32. The molecule has 2 heterocycles. The van der Waals surface area contributed by atoms with E-state index in [2.05, 4.69) is 4.90 Å². The number of aliphatic carboxylic acids is 1. The van der Waals surface area contributed by atoms with Crippen LogP contribution in [0.4, 0.5) is 13.2 Å². The van der Waals surface area contributed by atoms with Gasteiger partial charge in [0.25, 0.3) is 0 Å². The van der Waals surface area contributed by atoms with E-state index >= 15 is 0 Å². The van der Waals surface area contributed by atoms with Crippen LogP contribution in [0.5, 0.6) is 5.75 Å². The second-order valence-corrected chi connectivity index (χ2v) is 10.3. The van der Waals surface area contributed by atoms with Gasteiger partial charge in [-0.15, -0.1) is 0 Å². The van der Waals surface area contributed by atoms with Crippen molar-refractivity contribution >= 4 is 24.2 Å². The lowest BCUT2D eigenvalue weighted by Crippen LogP contribution is -2.71. The molecule has 234 valence electrons. The van der Waals surface area contributed by atoms with Gasteiger partial charge < -0.3 is 34.4 Å². The highest BCUT2D eigenvalue weighted by Gasteiger charge is 2.69. The molecule has 0 unspecified atom stereocenters. The average molecular weight is 604 g/mol. The lowest BCUT2D eigenvalue weighted by molar-refractivity contribution is -0.169. The van der Waals surface area contributed by atoms with E-state index in [-0.39, 0.29) is 32.3 Å². The molecule has 1 fully saturated rings. The van der Waals surface area contributed by atoms with Gasteiger partial charge in [0, 0.05) is 30.5 Å². The summed E-state index contributed by atoms with van der Waals surface area (Å²) in [6, 6.07) is 3.40. The number of aryl methyl sites for hydroxylation is 1. The summed E-state index contributed by atoms with van der Waals surface area (Å²) in [5.74, 6) is -2.54. The number of carboxylic acid groups (broad SMARTS) is 1. The van der Waals surface area contributed by atoms with Crippen LogP contribution in [0, 0.1) is 6.92 Å². The molecule has 0 saturated carbocycles. The maximum absolute atomic E-state index is 12.7. The van der Waals surface area contributed by atoms with Crippen molar-refractivity contribution in [1.82, 2.24) is 4.90 Å². The van der Waals surface area contributed by atoms with Crippen LogP contribution in [0.1, 0.15) is 57.2 Å². The zero-order valence-electron chi connectivity index (χ0n) is 22.9. The topological polar surface area (TPSA) is 160 Å². The summed E-state index contributed by atoms with van der Waals surface area (Å²) in [6.07, 6.45) is -6.62. The number of benzene rings is 1. The number of nitrogens with zero attached hydrogens (tertiary/aromatic N) is 1. The van der Waals surface area contributed by atoms with Crippen molar-refractivity contribution in [3.8, 4) is 5.75 Å². The molecule has 3 N–H and O–H groups in total. The predicted molar refractivity (Wildman–Crippen MR) is 140 cm³/mol. The standard InChI is InChI=1S/C25H31NO9.C2HF3O.CH4/c1-13-5-6-16(12-27)21-20(13)24-9-10-26(4)14(2)25(24,32)8-7-17(22(24)35-21)34-19(29)11-18(23(30)31)33-15(3)28;3-2(4,5)1-6;/h5-7,14,18,22,27,32H,8-12H2,1-4H3,(H,30,31);1H;1H4/t14-,18+,22+,24+,25-;;/m1../s1. The molecule has 5 atom stereocenters. The number of alkyl halides is 3. The highest BCUT2D eigenvalue weighted by molar-refractivity contribution is 5.83. The predicted octanol–water partition coefficient (Wildman–Crippen LogP) is 2.56. The van der Waals surface area contributed by atoms with Crippen molar-refractivity contribution in [3.05, 3.63) is 40.7 Å². The summed E-state index contributed by atoms with van der Waals surface area (Å²) >= 11 is 0. The van der Waals surface area contributed by atoms with Gasteiger partial charge in [-0.25, -0.2) is 4.79 Å². The third-order valence-electron chi connectivity index (χ3n) is 7.90. The molecule has 0 radical (unpaired) electrons. The second-order valence-electron chi connectivity index (χ2n) is 10.3. The molecule has 3 aliphatic rings. The first-order chi connectivity index (χ1) is 19.0. The minimum absolute atomic E-state index is 0. The Balaban J connectivity index is 0.000000798. The third kappa shape index (κ3) is 6.30. The fraction of sp³-hybridized carbons (Fsp3) is 0.571. The van der Waals surface area contributed by atoms with Gasteiger partial charge in [0.1, 0.15) is 11.5 Å². The van der Waals surface area contributed by atoms with Crippen LogP contribution in [0.3, 0.4) is 0 Å². The summed E-state index contributed by atoms with van der Waals surface area (Å²) < 4.78 is 48.0. The molecule has 42 heavy (non-hydrogen) atoms. The smallest absolute Gasteiger partial charge is 0.446 e. The number of piperidine rings is 1. The van der Waals surface area contributed by atoms with E-state index in [0.717, 1.165) is 18.1 Å². The number of carboxylic acids is 1. The Bertz CT molecular complexity index is 1250. The van der Waals surface area contributed by atoms with Crippen LogP contribution in [0.2, 0.25) is 0 Å². The number of rotatable bonds is 6. The first-order valence-electron chi connectivity index (χ1n) is 12.7. The number of aliphatic hydroxyl groups excluding tert-OH is 1. The van der Waals surface area contributed by atoms with Gasteiger partial charge in [0.2, 0.25) is 12.4 Å². The molecule has 0 bridgehead atoms. The molecule has 1 aromatic carbocycles. The first-order valence-corrected chi connectivity index (χ1v) is 12.7. The van der Waals surface area contributed by atoms with Gasteiger partial charge >= 0.3 is 24.1 Å². The van der Waals surface area contributed by atoms with E-state index in [1.54, 1.807) is 12.1 Å². The number of aldehydes is 1.